The number of amides is 1. The van der Waals surface area contributed by atoms with Crippen LogP contribution in [0.15, 0.2) is 36.0 Å². The highest BCUT2D eigenvalue weighted by Crippen LogP contribution is 2.33. The molecule has 1 amide bonds. The van der Waals surface area contributed by atoms with E-state index in [9.17, 15) is 9.18 Å². The molecule has 1 aliphatic heterocycles. The van der Waals surface area contributed by atoms with E-state index in [2.05, 4.69) is 29.1 Å². The minimum atomic E-state index is -0.103. The zero-order valence-electron chi connectivity index (χ0n) is 21.9. The number of aromatic nitrogens is 2. The molecule has 1 fully saturated rings. The highest BCUT2D eigenvalue weighted by molar-refractivity contribution is 5.90. The lowest BCUT2D eigenvalue weighted by Gasteiger charge is -2.29. The zero-order chi connectivity index (χ0) is 26.0. The van der Waals surface area contributed by atoms with Crippen LogP contribution in [0.4, 0.5) is 4.39 Å². The molecule has 35 heavy (non-hydrogen) atoms. The average Bonchev–Trinajstić information content (AvgIpc) is 3.27. The molecule has 0 radical (unpaired) electrons. The number of hydrogen-bond donors (Lipinski definition) is 4. The summed E-state index contributed by atoms with van der Waals surface area (Å²) in [6.07, 6.45) is 9.12. The summed E-state index contributed by atoms with van der Waals surface area (Å²) in [6, 6.07) is 5.23. The van der Waals surface area contributed by atoms with E-state index in [0.29, 0.717) is 18.1 Å². The summed E-state index contributed by atoms with van der Waals surface area (Å²) >= 11 is 0. The van der Waals surface area contributed by atoms with Gasteiger partial charge < -0.3 is 21.4 Å². The van der Waals surface area contributed by atoms with Gasteiger partial charge in [0, 0.05) is 30.9 Å². The van der Waals surface area contributed by atoms with Crippen LogP contribution in [0.5, 0.6) is 0 Å². The maximum absolute atomic E-state index is 13.9. The van der Waals surface area contributed by atoms with Gasteiger partial charge in [0.2, 0.25) is 5.91 Å². The lowest BCUT2D eigenvalue weighted by Crippen LogP contribution is -2.33. The van der Waals surface area contributed by atoms with Gasteiger partial charge in [0.05, 0.1) is 5.69 Å². The molecule has 5 N–H and O–H groups in total. The first kappa shape index (κ1) is 28.4. The Morgan fingerprint density at radius 3 is 2.57 bits per heavy atom. The Balaban J connectivity index is 0.000000224. The summed E-state index contributed by atoms with van der Waals surface area (Å²) in [6.45, 7) is 10.9. The average molecular weight is 484 g/mol. The summed E-state index contributed by atoms with van der Waals surface area (Å²) in [7, 11) is 0. The van der Waals surface area contributed by atoms with Gasteiger partial charge >= 0.3 is 0 Å². The van der Waals surface area contributed by atoms with Gasteiger partial charge in [0.15, 0.2) is 0 Å². The number of benzene rings is 1. The van der Waals surface area contributed by atoms with E-state index in [1.165, 1.54) is 11.6 Å². The van der Waals surface area contributed by atoms with Crippen molar-refractivity contribution in [2.45, 2.75) is 79.2 Å². The number of rotatable bonds is 4. The number of aromatic amines is 1. The summed E-state index contributed by atoms with van der Waals surface area (Å²) < 4.78 is 13.9. The van der Waals surface area contributed by atoms with E-state index in [4.69, 9.17) is 11.1 Å². The Morgan fingerprint density at radius 1 is 1.31 bits per heavy atom. The maximum atomic E-state index is 13.9. The topological polar surface area (TPSA) is 108 Å². The Labute approximate surface area is 209 Å². The smallest absolute Gasteiger partial charge is 0.220 e. The number of carbonyl (C=O) groups is 1. The summed E-state index contributed by atoms with van der Waals surface area (Å²) in [5.74, 6) is 1.93. The standard InChI is InChI=1S/C15H18FN3.C7H13N.C6H11NO/c1-9-18-8-14(19-9)15(17)11-6-5-10-3-2-4-13(16)12(10)7-11;1-4-6(2)5-7(3)8;1-5-2-3-6(8)7-4-5/h2-4,8,11,15H,5-7,17H2,1H3,(H,18,19);5,8H,4H2,1-3H3;5H,2-4H2,1H3,(H,7,8). The Kier molecular flexibility index (Phi) is 11.3. The van der Waals surface area contributed by atoms with E-state index in [1.807, 2.05) is 26.0 Å². The van der Waals surface area contributed by atoms with Crippen molar-refractivity contribution >= 4 is 11.6 Å². The molecule has 1 saturated heterocycles. The third kappa shape index (κ3) is 9.40. The molecular formula is C28H42FN5O. The molecule has 6 nitrogen and oxygen atoms in total. The van der Waals surface area contributed by atoms with Gasteiger partial charge in [0.1, 0.15) is 11.6 Å². The second-order valence-electron chi connectivity index (χ2n) is 9.81. The Hall–Kier alpha value is -2.80. The van der Waals surface area contributed by atoms with Crippen LogP contribution in [0.1, 0.15) is 82.1 Å². The molecule has 7 heteroatoms. The first-order valence-electron chi connectivity index (χ1n) is 12.6. The summed E-state index contributed by atoms with van der Waals surface area (Å²) in [5, 5.41) is 9.84. The fraction of sp³-hybridized carbons (Fsp3) is 0.536. The number of carbonyl (C=O) groups excluding carboxylic acids is 1. The SMILES string of the molecule is CC1CCC(=O)NC1.CCC(C)=CC(C)=N.Cc1ncc(C(N)C2CCc3cccc(F)c3C2)[nH]1. The molecule has 0 spiro atoms. The lowest BCUT2D eigenvalue weighted by atomic mass is 9.79. The van der Waals surface area contributed by atoms with Crippen molar-refractivity contribution in [3.05, 3.63) is 64.5 Å². The highest BCUT2D eigenvalue weighted by atomic mass is 19.1. The Morgan fingerprint density at radius 2 is 2.06 bits per heavy atom. The van der Waals surface area contributed by atoms with Crippen LogP contribution < -0.4 is 11.1 Å². The van der Waals surface area contributed by atoms with E-state index < -0.39 is 0 Å². The van der Waals surface area contributed by atoms with Crippen LogP contribution in [-0.4, -0.2) is 28.1 Å². The predicted octanol–water partition coefficient (Wildman–Crippen LogP) is 5.58. The quantitative estimate of drug-likeness (QED) is 0.427. The number of hydrogen-bond acceptors (Lipinski definition) is 4. The van der Waals surface area contributed by atoms with Crippen molar-refractivity contribution in [3.8, 4) is 0 Å². The fourth-order valence-corrected chi connectivity index (χ4v) is 4.27. The molecule has 192 valence electrons. The monoisotopic (exact) mass is 483 g/mol. The summed E-state index contributed by atoms with van der Waals surface area (Å²) in [5.41, 5.74) is 11.1. The number of aryl methyl sites for hydroxylation is 2. The largest absolute Gasteiger partial charge is 0.356 e. The lowest BCUT2D eigenvalue weighted by molar-refractivity contribution is -0.122. The maximum Gasteiger partial charge on any atom is 0.220 e. The van der Waals surface area contributed by atoms with Crippen molar-refractivity contribution in [1.82, 2.24) is 15.3 Å². The molecule has 2 aliphatic rings. The number of piperidine rings is 1. The van der Waals surface area contributed by atoms with Gasteiger partial charge in [0.25, 0.3) is 0 Å². The fourth-order valence-electron chi connectivity index (χ4n) is 4.27. The molecule has 0 saturated carbocycles. The van der Waals surface area contributed by atoms with E-state index in [0.717, 1.165) is 61.3 Å². The third-order valence-corrected chi connectivity index (χ3v) is 6.59. The molecule has 2 aromatic rings. The second-order valence-corrected chi connectivity index (χ2v) is 9.81. The first-order valence-corrected chi connectivity index (χ1v) is 12.6. The van der Waals surface area contributed by atoms with Crippen molar-refractivity contribution in [3.63, 3.8) is 0 Å². The predicted molar refractivity (Wildman–Crippen MR) is 141 cm³/mol. The van der Waals surface area contributed by atoms with Crippen LogP contribution in [0.3, 0.4) is 0 Å². The van der Waals surface area contributed by atoms with E-state index in [1.54, 1.807) is 19.2 Å². The van der Waals surface area contributed by atoms with Crippen LogP contribution >= 0.6 is 0 Å². The molecule has 1 aromatic heterocycles. The first-order chi connectivity index (χ1) is 16.6. The minimum Gasteiger partial charge on any atom is -0.356 e. The van der Waals surface area contributed by atoms with Crippen LogP contribution in [0.2, 0.25) is 0 Å². The van der Waals surface area contributed by atoms with Gasteiger partial charge in [-0.05, 0) is 88.0 Å². The molecule has 4 rings (SSSR count). The molecule has 1 aromatic carbocycles. The number of allylic oxidation sites excluding steroid dienone is 2. The number of nitrogens with one attached hydrogen (secondary N) is 3. The van der Waals surface area contributed by atoms with Crippen LogP contribution in [0, 0.1) is 30.0 Å². The van der Waals surface area contributed by atoms with Crippen LogP contribution in [-0.2, 0) is 17.6 Å². The second kappa shape index (κ2) is 13.9. The van der Waals surface area contributed by atoms with Crippen molar-refractivity contribution in [2.24, 2.45) is 17.6 Å². The van der Waals surface area contributed by atoms with Gasteiger partial charge in [-0.3, -0.25) is 4.79 Å². The highest BCUT2D eigenvalue weighted by Gasteiger charge is 2.27. The van der Waals surface area contributed by atoms with Crippen LogP contribution in [0.25, 0.3) is 0 Å². The number of halogens is 1. The molecule has 1 aliphatic carbocycles. The normalized spacial score (nSPS) is 20.3. The third-order valence-electron chi connectivity index (χ3n) is 6.59. The van der Waals surface area contributed by atoms with Gasteiger partial charge in [-0.1, -0.05) is 31.6 Å². The number of fused-ring (bicyclic) bond motifs is 1. The molecule has 2 heterocycles. The number of nitrogens with two attached hydrogens (primary N) is 1. The zero-order valence-corrected chi connectivity index (χ0v) is 21.9. The number of nitrogens with zero attached hydrogens (tertiary/aromatic N) is 1. The van der Waals surface area contributed by atoms with Gasteiger partial charge in [-0.15, -0.1) is 0 Å². The van der Waals surface area contributed by atoms with Gasteiger partial charge in [-0.25, -0.2) is 9.37 Å². The van der Waals surface area contributed by atoms with Crippen molar-refractivity contribution in [2.75, 3.05) is 6.54 Å². The minimum absolute atomic E-state index is 0.102. The molecule has 0 bridgehead atoms. The number of imidazole rings is 1. The molecule has 3 atom stereocenters. The Bertz CT molecular complexity index is 1000. The number of H-pyrrole nitrogens is 1. The van der Waals surface area contributed by atoms with Crippen molar-refractivity contribution in [1.29, 1.82) is 5.41 Å². The molecule has 3 unspecified atom stereocenters. The molecular weight excluding hydrogens is 441 g/mol. The van der Waals surface area contributed by atoms with E-state index >= 15 is 0 Å². The van der Waals surface area contributed by atoms with Gasteiger partial charge in [-0.2, -0.15) is 0 Å². The van der Waals surface area contributed by atoms with E-state index in [-0.39, 0.29) is 23.7 Å². The van der Waals surface area contributed by atoms with Crippen molar-refractivity contribution < 1.29 is 9.18 Å². The summed E-state index contributed by atoms with van der Waals surface area (Å²) in [4.78, 5) is 17.9.